The topological polar surface area (TPSA) is 12.0 Å². The van der Waals surface area contributed by atoms with E-state index < -0.39 is 0 Å². The Kier molecular flexibility index (Phi) is 4.96. The van der Waals surface area contributed by atoms with Gasteiger partial charge in [0.25, 0.3) is 0 Å². The lowest BCUT2D eigenvalue weighted by molar-refractivity contribution is 1.14. The lowest BCUT2D eigenvalue weighted by Crippen LogP contribution is -2.00. The largest absolute Gasteiger partial charge is 0.379 e. The number of halogens is 4. The van der Waals surface area contributed by atoms with Crippen LogP contribution in [0.1, 0.15) is 5.56 Å². The maximum absolute atomic E-state index is 6.09. The van der Waals surface area contributed by atoms with Crippen LogP contribution in [0.25, 0.3) is 0 Å². The van der Waals surface area contributed by atoms with Crippen LogP contribution in [-0.2, 0) is 6.54 Å². The SMILES string of the molecule is Clc1cccc(Cl)c1NCc1ccc(Br)c(Br)c1. The summed E-state index contributed by atoms with van der Waals surface area (Å²) in [6.07, 6.45) is 0. The Morgan fingerprint density at radius 1 is 0.944 bits per heavy atom. The molecule has 0 fully saturated rings. The molecular weight excluding hydrogens is 401 g/mol. The van der Waals surface area contributed by atoms with Crippen molar-refractivity contribution in [2.75, 3.05) is 5.32 Å². The van der Waals surface area contributed by atoms with Crippen LogP contribution in [0.2, 0.25) is 10.0 Å². The predicted molar refractivity (Wildman–Crippen MR) is 85.6 cm³/mol. The third-order valence-corrected chi connectivity index (χ3v) is 4.93. The van der Waals surface area contributed by atoms with Gasteiger partial charge in [-0.2, -0.15) is 0 Å². The maximum Gasteiger partial charge on any atom is 0.0721 e. The van der Waals surface area contributed by atoms with Crippen molar-refractivity contribution in [3.05, 3.63) is 61.0 Å². The van der Waals surface area contributed by atoms with Crippen LogP contribution < -0.4 is 5.32 Å². The Labute approximate surface area is 133 Å². The first kappa shape index (κ1) is 14.2. The minimum Gasteiger partial charge on any atom is -0.379 e. The van der Waals surface area contributed by atoms with Crippen molar-refractivity contribution in [3.63, 3.8) is 0 Å². The van der Waals surface area contributed by atoms with Gasteiger partial charge in [0.05, 0.1) is 15.7 Å². The molecule has 0 aliphatic rings. The van der Waals surface area contributed by atoms with E-state index in [1.807, 2.05) is 36.4 Å². The van der Waals surface area contributed by atoms with Crippen LogP contribution in [0.3, 0.4) is 0 Å². The highest BCUT2D eigenvalue weighted by Gasteiger charge is 2.05. The van der Waals surface area contributed by atoms with Gasteiger partial charge in [0.1, 0.15) is 0 Å². The van der Waals surface area contributed by atoms with Gasteiger partial charge in [-0.25, -0.2) is 0 Å². The molecule has 0 bridgehead atoms. The molecule has 0 heterocycles. The zero-order valence-corrected chi connectivity index (χ0v) is 13.9. The highest BCUT2D eigenvalue weighted by Crippen LogP contribution is 2.30. The molecule has 94 valence electrons. The van der Waals surface area contributed by atoms with E-state index in [2.05, 4.69) is 37.2 Å². The maximum atomic E-state index is 6.09. The molecule has 0 amide bonds. The molecule has 0 radical (unpaired) electrons. The standard InChI is InChI=1S/C13H9Br2Cl2N/c14-9-5-4-8(6-10(9)15)7-18-13-11(16)2-1-3-12(13)17/h1-6,18H,7H2. The number of anilines is 1. The number of hydrogen-bond donors (Lipinski definition) is 1. The third kappa shape index (κ3) is 3.41. The molecule has 0 saturated heterocycles. The Morgan fingerprint density at radius 2 is 1.61 bits per heavy atom. The zero-order valence-electron chi connectivity index (χ0n) is 9.18. The summed E-state index contributed by atoms with van der Waals surface area (Å²) in [5.74, 6) is 0. The second kappa shape index (κ2) is 6.29. The van der Waals surface area contributed by atoms with Crippen LogP contribution in [0.4, 0.5) is 5.69 Å². The smallest absolute Gasteiger partial charge is 0.0721 e. The van der Waals surface area contributed by atoms with Crippen LogP contribution in [0.5, 0.6) is 0 Å². The van der Waals surface area contributed by atoms with E-state index in [4.69, 9.17) is 23.2 Å². The van der Waals surface area contributed by atoms with E-state index in [0.29, 0.717) is 16.6 Å². The summed E-state index contributed by atoms with van der Waals surface area (Å²) >= 11 is 19.1. The molecule has 0 saturated carbocycles. The zero-order chi connectivity index (χ0) is 13.1. The van der Waals surface area contributed by atoms with Gasteiger partial charge in [0.15, 0.2) is 0 Å². The van der Waals surface area contributed by atoms with Crippen molar-refractivity contribution in [1.29, 1.82) is 0 Å². The van der Waals surface area contributed by atoms with E-state index in [1.54, 1.807) is 0 Å². The average Bonchev–Trinajstić information content (AvgIpc) is 2.33. The molecule has 0 aromatic heterocycles. The molecule has 18 heavy (non-hydrogen) atoms. The van der Waals surface area contributed by atoms with E-state index >= 15 is 0 Å². The summed E-state index contributed by atoms with van der Waals surface area (Å²) < 4.78 is 2.05. The fourth-order valence-corrected chi connectivity index (χ4v) is 2.71. The number of rotatable bonds is 3. The van der Waals surface area contributed by atoms with Gasteiger partial charge < -0.3 is 5.32 Å². The minimum atomic E-state index is 0.624. The van der Waals surface area contributed by atoms with Crippen molar-refractivity contribution in [2.24, 2.45) is 0 Å². The number of hydrogen-bond acceptors (Lipinski definition) is 1. The Morgan fingerprint density at radius 3 is 2.22 bits per heavy atom. The first-order chi connectivity index (χ1) is 8.58. The monoisotopic (exact) mass is 407 g/mol. The Bertz CT molecular complexity index is 553. The van der Waals surface area contributed by atoms with Gasteiger partial charge in [0.2, 0.25) is 0 Å². The molecule has 0 aliphatic heterocycles. The molecule has 2 aromatic carbocycles. The second-order valence-electron chi connectivity index (χ2n) is 3.70. The highest BCUT2D eigenvalue weighted by molar-refractivity contribution is 9.13. The Hall–Kier alpha value is -0.220. The second-order valence-corrected chi connectivity index (χ2v) is 6.22. The molecule has 2 aromatic rings. The molecule has 5 heteroatoms. The van der Waals surface area contributed by atoms with Gasteiger partial charge in [0, 0.05) is 15.5 Å². The van der Waals surface area contributed by atoms with Gasteiger partial charge in [-0.3, -0.25) is 0 Å². The molecule has 0 unspecified atom stereocenters. The van der Waals surface area contributed by atoms with Gasteiger partial charge in [-0.05, 0) is 61.7 Å². The summed E-state index contributed by atoms with van der Waals surface area (Å²) in [7, 11) is 0. The predicted octanol–water partition coefficient (Wildman–Crippen LogP) is 6.13. The third-order valence-electron chi connectivity index (χ3n) is 2.42. The van der Waals surface area contributed by atoms with E-state index in [9.17, 15) is 0 Å². The number of para-hydroxylation sites is 1. The highest BCUT2D eigenvalue weighted by atomic mass is 79.9. The van der Waals surface area contributed by atoms with E-state index in [-0.39, 0.29) is 0 Å². The first-order valence-corrected chi connectivity index (χ1v) is 7.54. The lowest BCUT2D eigenvalue weighted by atomic mass is 10.2. The van der Waals surface area contributed by atoms with Crippen LogP contribution in [0, 0.1) is 0 Å². The van der Waals surface area contributed by atoms with Crippen molar-refractivity contribution < 1.29 is 0 Å². The fourth-order valence-electron chi connectivity index (χ4n) is 1.51. The first-order valence-electron chi connectivity index (χ1n) is 5.20. The van der Waals surface area contributed by atoms with E-state index in [1.165, 1.54) is 0 Å². The summed E-state index contributed by atoms with van der Waals surface area (Å²) in [5.41, 5.74) is 1.90. The number of nitrogens with one attached hydrogen (secondary N) is 1. The average molecular weight is 410 g/mol. The molecule has 1 nitrogen and oxygen atoms in total. The minimum absolute atomic E-state index is 0.624. The van der Waals surface area contributed by atoms with Crippen LogP contribution in [-0.4, -0.2) is 0 Å². The number of benzene rings is 2. The summed E-state index contributed by atoms with van der Waals surface area (Å²) in [5, 5.41) is 4.49. The van der Waals surface area contributed by atoms with Crippen LogP contribution in [0.15, 0.2) is 45.3 Å². The molecule has 2 rings (SSSR count). The van der Waals surface area contributed by atoms with Gasteiger partial charge >= 0.3 is 0 Å². The normalized spacial score (nSPS) is 10.4. The van der Waals surface area contributed by atoms with Crippen LogP contribution >= 0.6 is 55.1 Å². The molecule has 0 aliphatic carbocycles. The van der Waals surface area contributed by atoms with Crippen molar-refractivity contribution in [1.82, 2.24) is 0 Å². The molecule has 0 spiro atoms. The molecule has 0 atom stereocenters. The summed E-state index contributed by atoms with van der Waals surface area (Å²) in [6, 6.07) is 11.5. The van der Waals surface area contributed by atoms with Gasteiger partial charge in [-0.1, -0.05) is 35.3 Å². The fraction of sp³-hybridized carbons (Fsp3) is 0.0769. The van der Waals surface area contributed by atoms with Crippen molar-refractivity contribution in [2.45, 2.75) is 6.54 Å². The Balaban J connectivity index is 2.14. The van der Waals surface area contributed by atoms with Crippen molar-refractivity contribution in [3.8, 4) is 0 Å². The quantitative estimate of drug-likeness (QED) is 0.642. The van der Waals surface area contributed by atoms with Crippen molar-refractivity contribution >= 4 is 60.7 Å². The molecule has 1 N–H and O–H groups in total. The van der Waals surface area contributed by atoms with Gasteiger partial charge in [-0.15, -0.1) is 0 Å². The summed E-state index contributed by atoms with van der Waals surface area (Å²) in [6.45, 7) is 0.662. The summed E-state index contributed by atoms with van der Waals surface area (Å²) in [4.78, 5) is 0. The lowest BCUT2D eigenvalue weighted by Gasteiger charge is -2.10. The van der Waals surface area contributed by atoms with E-state index in [0.717, 1.165) is 20.2 Å². The molecular formula is C13H9Br2Cl2N.